The zero-order valence-electron chi connectivity index (χ0n) is 11.9. The number of halogens is 3. The molecule has 2 heterocycles. The largest absolute Gasteiger partial charge is 0.433 e. The molecule has 2 aliphatic rings. The van der Waals surface area contributed by atoms with Crippen LogP contribution in [0.15, 0.2) is 18.3 Å². The molecule has 21 heavy (non-hydrogen) atoms. The molecule has 1 saturated heterocycles. The number of nitrogens with one attached hydrogen (secondary N) is 1. The van der Waals surface area contributed by atoms with Gasteiger partial charge in [0.05, 0.1) is 0 Å². The number of hydrogen-bond donors (Lipinski definition) is 1. The number of nitrogens with zero attached hydrogens (tertiary/aromatic N) is 2. The van der Waals surface area contributed by atoms with E-state index in [4.69, 9.17) is 0 Å². The number of likely N-dealkylation sites (tertiary alicyclic amines) is 1. The zero-order valence-corrected chi connectivity index (χ0v) is 11.9. The molecule has 1 aromatic rings. The molecular weight excluding hydrogens is 279 g/mol. The lowest BCUT2D eigenvalue weighted by molar-refractivity contribution is -0.141. The van der Waals surface area contributed by atoms with E-state index in [9.17, 15) is 13.2 Å². The van der Waals surface area contributed by atoms with Crippen LogP contribution in [0.4, 0.5) is 18.9 Å². The fourth-order valence-electron chi connectivity index (χ4n) is 3.20. The summed E-state index contributed by atoms with van der Waals surface area (Å²) in [5, 5.41) is 3.19. The molecule has 116 valence electrons. The van der Waals surface area contributed by atoms with Crippen molar-refractivity contribution >= 4 is 5.69 Å². The van der Waals surface area contributed by atoms with Crippen LogP contribution in [-0.4, -0.2) is 35.1 Å². The molecule has 1 aromatic heterocycles. The average molecular weight is 299 g/mol. The van der Waals surface area contributed by atoms with Gasteiger partial charge in [0.2, 0.25) is 0 Å². The third kappa shape index (κ3) is 3.48. The van der Waals surface area contributed by atoms with Crippen molar-refractivity contribution in [1.29, 1.82) is 0 Å². The van der Waals surface area contributed by atoms with Crippen LogP contribution >= 0.6 is 0 Å². The molecule has 0 atom stereocenters. The van der Waals surface area contributed by atoms with Crippen LogP contribution in [0.5, 0.6) is 0 Å². The minimum atomic E-state index is -4.38. The molecule has 0 amide bonds. The Morgan fingerprint density at radius 1 is 1.14 bits per heavy atom. The molecule has 0 radical (unpaired) electrons. The van der Waals surface area contributed by atoms with Crippen molar-refractivity contribution in [3.8, 4) is 0 Å². The molecule has 0 aromatic carbocycles. The molecule has 1 N–H and O–H groups in total. The number of alkyl halides is 3. The van der Waals surface area contributed by atoms with Gasteiger partial charge in [0.1, 0.15) is 5.69 Å². The van der Waals surface area contributed by atoms with E-state index >= 15 is 0 Å². The van der Waals surface area contributed by atoms with Crippen molar-refractivity contribution in [3.63, 3.8) is 0 Å². The smallest absolute Gasteiger partial charge is 0.382 e. The van der Waals surface area contributed by atoms with Gasteiger partial charge in [-0.2, -0.15) is 13.2 Å². The first kappa shape index (κ1) is 14.6. The Morgan fingerprint density at radius 2 is 1.86 bits per heavy atom. The van der Waals surface area contributed by atoms with Gasteiger partial charge in [-0.25, -0.2) is 0 Å². The topological polar surface area (TPSA) is 28.2 Å². The summed E-state index contributed by atoms with van der Waals surface area (Å²) in [5.74, 6) is 0. The van der Waals surface area contributed by atoms with Gasteiger partial charge in [0.15, 0.2) is 0 Å². The van der Waals surface area contributed by atoms with Gasteiger partial charge < -0.3 is 10.2 Å². The predicted molar refractivity (Wildman–Crippen MR) is 75.1 cm³/mol. The predicted octanol–water partition coefficient (Wildman–Crippen LogP) is 3.53. The Hall–Kier alpha value is -1.30. The number of aromatic nitrogens is 1. The fourth-order valence-corrected chi connectivity index (χ4v) is 3.20. The molecule has 0 spiro atoms. The second-order valence-electron chi connectivity index (χ2n) is 5.99. The lowest BCUT2D eigenvalue weighted by Crippen LogP contribution is -2.51. The van der Waals surface area contributed by atoms with Gasteiger partial charge in [-0.1, -0.05) is 6.42 Å². The van der Waals surface area contributed by atoms with Crippen LogP contribution in [0.2, 0.25) is 0 Å². The maximum Gasteiger partial charge on any atom is 0.433 e. The highest BCUT2D eigenvalue weighted by molar-refractivity contribution is 5.45. The number of pyridine rings is 1. The third-order valence-electron chi connectivity index (χ3n) is 4.44. The van der Waals surface area contributed by atoms with Crippen molar-refractivity contribution in [1.82, 2.24) is 9.88 Å². The SMILES string of the molecule is FC(F)(F)c1cc(NC2CC(N3CCCCC3)C2)ccn1. The second-order valence-corrected chi connectivity index (χ2v) is 5.99. The Balaban J connectivity index is 1.52. The van der Waals surface area contributed by atoms with Gasteiger partial charge in [-0.15, -0.1) is 0 Å². The van der Waals surface area contributed by atoms with E-state index in [1.807, 2.05) is 0 Å². The van der Waals surface area contributed by atoms with E-state index in [2.05, 4.69) is 15.2 Å². The molecule has 1 aliphatic carbocycles. The van der Waals surface area contributed by atoms with Crippen molar-refractivity contribution < 1.29 is 13.2 Å². The average Bonchev–Trinajstić information content (AvgIpc) is 2.43. The van der Waals surface area contributed by atoms with E-state index in [-0.39, 0.29) is 6.04 Å². The zero-order chi connectivity index (χ0) is 14.9. The first-order valence-corrected chi connectivity index (χ1v) is 7.56. The molecule has 0 bridgehead atoms. The minimum Gasteiger partial charge on any atom is -0.382 e. The summed E-state index contributed by atoms with van der Waals surface area (Å²) >= 11 is 0. The highest BCUT2D eigenvalue weighted by Gasteiger charge is 2.35. The van der Waals surface area contributed by atoms with E-state index < -0.39 is 11.9 Å². The summed E-state index contributed by atoms with van der Waals surface area (Å²) < 4.78 is 37.8. The summed E-state index contributed by atoms with van der Waals surface area (Å²) in [5.41, 5.74) is -0.321. The lowest BCUT2D eigenvalue weighted by atomic mass is 9.84. The van der Waals surface area contributed by atoms with Gasteiger partial charge in [-0.05, 0) is 50.9 Å². The molecule has 1 aliphatic heterocycles. The summed E-state index contributed by atoms with van der Waals surface area (Å²) in [4.78, 5) is 5.90. The van der Waals surface area contributed by atoms with Crippen LogP contribution in [-0.2, 0) is 6.18 Å². The summed E-state index contributed by atoms with van der Waals surface area (Å²) in [7, 11) is 0. The Labute approximate surface area is 122 Å². The second kappa shape index (κ2) is 5.83. The van der Waals surface area contributed by atoms with Crippen molar-refractivity contribution in [2.75, 3.05) is 18.4 Å². The minimum absolute atomic E-state index is 0.278. The molecular formula is C15H20F3N3. The first-order valence-electron chi connectivity index (χ1n) is 7.56. The fraction of sp³-hybridized carbons (Fsp3) is 0.667. The highest BCUT2D eigenvalue weighted by atomic mass is 19.4. The van der Waals surface area contributed by atoms with Gasteiger partial charge in [0.25, 0.3) is 0 Å². The number of rotatable bonds is 3. The quantitative estimate of drug-likeness (QED) is 0.925. The highest BCUT2D eigenvalue weighted by Crippen LogP contribution is 2.32. The Bertz CT molecular complexity index is 477. The number of anilines is 1. The Kier molecular flexibility index (Phi) is 4.06. The number of piperidine rings is 1. The molecule has 2 fully saturated rings. The molecule has 3 rings (SSSR count). The normalized spacial score (nSPS) is 27.2. The summed E-state index contributed by atoms with van der Waals surface area (Å²) in [6, 6.07) is 3.57. The monoisotopic (exact) mass is 299 g/mol. The summed E-state index contributed by atoms with van der Waals surface area (Å²) in [6.07, 6.45) is 2.73. The van der Waals surface area contributed by atoms with E-state index in [0.717, 1.165) is 18.9 Å². The van der Waals surface area contributed by atoms with Crippen molar-refractivity contribution in [2.45, 2.75) is 50.4 Å². The maximum atomic E-state index is 12.6. The number of hydrogen-bond acceptors (Lipinski definition) is 3. The Morgan fingerprint density at radius 3 is 2.52 bits per heavy atom. The van der Waals surface area contributed by atoms with Gasteiger partial charge in [0, 0.05) is 24.0 Å². The van der Waals surface area contributed by atoms with Gasteiger partial charge >= 0.3 is 6.18 Å². The molecule has 3 nitrogen and oxygen atoms in total. The maximum absolute atomic E-state index is 12.6. The van der Waals surface area contributed by atoms with Gasteiger partial charge in [-0.3, -0.25) is 4.98 Å². The van der Waals surface area contributed by atoms with E-state index in [1.165, 1.54) is 38.5 Å². The third-order valence-corrected chi connectivity index (χ3v) is 4.44. The summed E-state index contributed by atoms with van der Waals surface area (Å²) in [6.45, 7) is 2.34. The van der Waals surface area contributed by atoms with Crippen molar-refractivity contribution in [2.24, 2.45) is 0 Å². The van der Waals surface area contributed by atoms with E-state index in [0.29, 0.717) is 11.7 Å². The van der Waals surface area contributed by atoms with E-state index in [1.54, 1.807) is 6.07 Å². The molecule has 1 saturated carbocycles. The first-order chi connectivity index (χ1) is 10.0. The molecule has 6 heteroatoms. The molecule has 0 unspecified atom stereocenters. The van der Waals surface area contributed by atoms with Crippen LogP contribution in [0.25, 0.3) is 0 Å². The van der Waals surface area contributed by atoms with Crippen LogP contribution in [0.3, 0.4) is 0 Å². The van der Waals surface area contributed by atoms with Crippen LogP contribution < -0.4 is 5.32 Å². The standard InChI is InChI=1S/C15H20F3N3/c16-15(17,18)14-10-11(4-5-19-14)20-12-8-13(9-12)21-6-2-1-3-7-21/h4-5,10,12-13H,1-3,6-9H2,(H,19,20). The van der Waals surface area contributed by atoms with Crippen LogP contribution in [0, 0.1) is 0 Å². The lowest BCUT2D eigenvalue weighted by Gasteiger charge is -2.45. The van der Waals surface area contributed by atoms with Crippen molar-refractivity contribution in [3.05, 3.63) is 24.0 Å². The van der Waals surface area contributed by atoms with Crippen LogP contribution in [0.1, 0.15) is 37.8 Å².